The third-order valence-electron chi connectivity index (χ3n) is 3.56. The van der Waals surface area contributed by atoms with E-state index in [9.17, 15) is 18.0 Å². The molecule has 0 fully saturated rings. The molecule has 25 heavy (non-hydrogen) atoms. The second kappa shape index (κ2) is 5.33. The Bertz CT molecular complexity index is 1150. The summed E-state index contributed by atoms with van der Waals surface area (Å²) < 4.78 is 42.8. The zero-order valence-corrected chi connectivity index (χ0v) is 12.4. The van der Waals surface area contributed by atoms with E-state index >= 15 is 0 Å². The highest BCUT2D eigenvalue weighted by molar-refractivity contribution is 5.91. The van der Waals surface area contributed by atoms with Gasteiger partial charge in [0.15, 0.2) is 11.5 Å². The molecule has 0 saturated heterocycles. The summed E-state index contributed by atoms with van der Waals surface area (Å²) in [6.07, 6.45) is -4.85. The third kappa shape index (κ3) is 2.69. The van der Waals surface area contributed by atoms with E-state index in [1.807, 2.05) is 0 Å². The number of fused-ring (bicyclic) bond motifs is 3. The Hall–Kier alpha value is -3.36. The van der Waals surface area contributed by atoms with Crippen LogP contribution < -0.4 is 10.4 Å². The summed E-state index contributed by atoms with van der Waals surface area (Å²) in [7, 11) is 0. The van der Waals surface area contributed by atoms with Crippen molar-refractivity contribution in [3.8, 4) is 17.1 Å². The minimum atomic E-state index is -4.85. The molecular formula is C16H9F3N4O2. The van der Waals surface area contributed by atoms with Gasteiger partial charge in [0.1, 0.15) is 5.75 Å². The van der Waals surface area contributed by atoms with E-state index in [0.29, 0.717) is 10.9 Å². The molecule has 0 spiro atoms. The second-order valence-electron chi connectivity index (χ2n) is 5.19. The summed E-state index contributed by atoms with van der Waals surface area (Å²) >= 11 is 0. The van der Waals surface area contributed by atoms with Crippen LogP contribution in [0, 0.1) is 0 Å². The number of alkyl halides is 3. The van der Waals surface area contributed by atoms with Crippen LogP contribution in [0.4, 0.5) is 13.2 Å². The monoisotopic (exact) mass is 346 g/mol. The van der Waals surface area contributed by atoms with Gasteiger partial charge >= 0.3 is 12.1 Å². The van der Waals surface area contributed by atoms with Crippen LogP contribution in [0.25, 0.3) is 27.9 Å². The molecule has 2 aromatic carbocycles. The Kier molecular flexibility index (Phi) is 3.24. The van der Waals surface area contributed by atoms with Gasteiger partial charge in [-0.1, -0.05) is 24.3 Å². The first-order valence-corrected chi connectivity index (χ1v) is 7.15. The molecule has 4 rings (SSSR count). The molecule has 0 unspecified atom stereocenters. The van der Waals surface area contributed by atoms with Crippen molar-refractivity contribution in [2.75, 3.05) is 0 Å². The molecular weight excluding hydrogens is 337 g/mol. The fraction of sp³-hybridized carbons (Fsp3) is 0.0625. The van der Waals surface area contributed by atoms with Gasteiger partial charge in [-0.05, 0) is 24.3 Å². The largest absolute Gasteiger partial charge is 0.573 e. The average molecular weight is 346 g/mol. The number of H-pyrrole nitrogens is 1. The number of aromatic nitrogens is 4. The number of aromatic amines is 1. The van der Waals surface area contributed by atoms with Gasteiger partial charge in [-0.15, -0.1) is 18.3 Å². The van der Waals surface area contributed by atoms with Crippen molar-refractivity contribution in [3.63, 3.8) is 0 Å². The summed E-state index contributed by atoms with van der Waals surface area (Å²) in [6.45, 7) is 0. The van der Waals surface area contributed by atoms with E-state index in [-0.39, 0.29) is 17.0 Å². The van der Waals surface area contributed by atoms with E-state index in [1.165, 1.54) is 18.2 Å². The highest BCUT2D eigenvalue weighted by Crippen LogP contribution is 2.32. The van der Waals surface area contributed by atoms with E-state index in [1.54, 1.807) is 24.3 Å². The molecule has 0 aliphatic heterocycles. The normalized spacial score (nSPS) is 12.0. The predicted molar refractivity (Wildman–Crippen MR) is 83.2 cm³/mol. The molecule has 2 aromatic heterocycles. The van der Waals surface area contributed by atoms with Gasteiger partial charge in [0.25, 0.3) is 0 Å². The maximum absolute atomic E-state index is 12.6. The number of benzene rings is 2. The highest BCUT2D eigenvalue weighted by Gasteiger charge is 2.32. The summed E-state index contributed by atoms with van der Waals surface area (Å²) in [5.41, 5.74) is 0.295. The van der Waals surface area contributed by atoms with Gasteiger partial charge in [-0.25, -0.2) is 9.78 Å². The molecule has 4 aromatic rings. The number of nitrogens with zero attached hydrogens (tertiary/aromatic N) is 3. The topological polar surface area (TPSA) is 72.3 Å². The molecule has 0 atom stereocenters. The summed E-state index contributed by atoms with van der Waals surface area (Å²) in [5.74, 6) is -0.478. The molecule has 6 nitrogen and oxygen atoms in total. The molecule has 0 aliphatic rings. The Morgan fingerprint density at radius 1 is 1.04 bits per heavy atom. The number of para-hydroxylation sites is 2. The Morgan fingerprint density at radius 2 is 1.76 bits per heavy atom. The summed E-state index contributed by atoms with van der Waals surface area (Å²) in [4.78, 5) is 19.0. The van der Waals surface area contributed by atoms with Crippen molar-refractivity contribution in [1.29, 1.82) is 0 Å². The Balaban J connectivity index is 1.96. The first-order valence-electron chi connectivity index (χ1n) is 7.15. The molecule has 0 aliphatic carbocycles. The molecule has 126 valence electrons. The van der Waals surface area contributed by atoms with Crippen molar-refractivity contribution in [2.24, 2.45) is 0 Å². The summed E-state index contributed by atoms with van der Waals surface area (Å²) in [6, 6.07) is 12.4. The minimum Gasteiger partial charge on any atom is -0.405 e. The van der Waals surface area contributed by atoms with Crippen LogP contribution in [-0.2, 0) is 0 Å². The first kappa shape index (κ1) is 15.2. The number of hydrogen-bond donors (Lipinski definition) is 1. The second-order valence-corrected chi connectivity index (χ2v) is 5.19. The van der Waals surface area contributed by atoms with Crippen LogP contribution in [0.5, 0.6) is 5.75 Å². The Labute approximate surface area is 137 Å². The van der Waals surface area contributed by atoms with Crippen LogP contribution in [0.15, 0.2) is 53.3 Å². The lowest BCUT2D eigenvalue weighted by Crippen LogP contribution is -2.18. The number of rotatable bonds is 2. The maximum atomic E-state index is 12.6. The van der Waals surface area contributed by atoms with E-state index in [2.05, 4.69) is 19.8 Å². The third-order valence-corrected chi connectivity index (χ3v) is 3.56. The van der Waals surface area contributed by atoms with Crippen molar-refractivity contribution in [3.05, 3.63) is 59.0 Å². The molecule has 1 N–H and O–H groups in total. The number of nitrogens with one attached hydrogen (secondary N) is 1. The molecule has 2 heterocycles. The van der Waals surface area contributed by atoms with Gasteiger partial charge in [0, 0.05) is 5.39 Å². The fourth-order valence-corrected chi connectivity index (χ4v) is 2.56. The number of hydrogen-bond acceptors (Lipinski definition) is 4. The lowest BCUT2D eigenvalue weighted by atomic mass is 10.2. The molecule has 0 bridgehead atoms. The zero-order chi connectivity index (χ0) is 17.6. The zero-order valence-electron chi connectivity index (χ0n) is 12.4. The van der Waals surface area contributed by atoms with Crippen molar-refractivity contribution < 1.29 is 17.9 Å². The number of ether oxygens (including phenoxy) is 1. The van der Waals surface area contributed by atoms with Crippen molar-refractivity contribution in [1.82, 2.24) is 19.6 Å². The quantitative estimate of drug-likeness (QED) is 0.605. The smallest absolute Gasteiger partial charge is 0.405 e. The summed E-state index contributed by atoms with van der Waals surface area (Å²) in [5, 5.41) is 4.66. The molecule has 0 saturated carbocycles. The van der Waals surface area contributed by atoms with Crippen molar-refractivity contribution >= 4 is 16.6 Å². The lowest BCUT2D eigenvalue weighted by Gasteiger charge is -2.11. The molecule has 0 amide bonds. The molecule has 9 heteroatoms. The lowest BCUT2D eigenvalue weighted by molar-refractivity contribution is -0.274. The first-order chi connectivity index (χ1) is 11.9. The van der Waals surface area contributed by atoms with E-state index in [0.717, 1.165) is 10.6 Å². The van der Waals surface area contributed by atoms with Gasteiger partial charge in [0.05, 0.1) is 11.1 Å². The standard InChI is InChI=1S/C16H9F3N4O2/c17-16(18,19)25-12-8-4-2-6-10(12)13-21-14-9-5-1-3-7-11(9)20-15(24)23(14)22-13/h1-8H,(H,20,24). The predicted octanol–water partition coefficient (Wildman–Crippen LogP) is 3.14. The van der Waals surface area contributed by atoms with Gasteiger partial charge < -0.3 is 9.72 Å². The van der Waals surface area contributed by atoms with Crippen LogP contribution in [0.1, 0.15) is 0 Å². The van der Waals surface area contributed by atoms with Gasteiger partial charge in [-0.2, -0.15) is 4.52 Å². The maximum Gasteiger partial charge on any atom is 0.573 e. The van der Waals surface area contributed by atoms with Crippen LogP contribution in [-0.4, -0.2) is 25.9 Å². The molecule has 0 radical (unpaired) electrons. The van der Waals surface area contributed by atoms with E-state index < -0.39 is 17.8 Å². The van der Waals surface area contributed by atoms with Crippen LogP contribution >= 0.6 is 0 Å². The number of halogens is 3. The van der Waals surface area contributed by atoms with Crippen LogP contribution in [0.3, 0.4) is 0 Å². The van der Waals surface area contributed by atoms with Crippen molar-refractivity contribution in [2.45, 2.75) is 6.36 Å². The fourth-order valence-electron chi connectivity index (χ4n) is 2.56. The van der Waals surface area contributed by atoms with Gasteiger partial charge in [-0.3, -0.25) is 0 Å². The minimum absolute atomic E-state index is 0.0343. The van der Waals surface area contributed by atoms with Gasteiger partial charge in [0.2, 0.25) is 0 Å². The van der Waals surface area contributed by atoms with Crippen LogP contribution in [0.2, 0.25) is 0 Å². The SMILES string of the molecule is O=c1[nH]c2ccccc2c2nc(-c3ccccc3OC(F)(F)F)nn12. The average Bonchev–Trinajstić information content (AvgIpc) is 3.00. The Morgan fingerprint density at radius 3 is 2.56 bits per heavy atom. The van der Waals surface area contributed by atoms with E-state index in [4.69, 9.17) is 0 Å². The highest BCUT2D eigenvalue weighted by atomic mass is 19.4.